The molecule has 126 valence electrons. The van der Waals surface area contributed by atoms with Crippen molar-refractivity contribution < 1.29 is 9.59 Å². The molecule has 0 radical (unpaired) electrons. The second kappa shape index (κ2) is 7.16. The number of benzene rings is 1. The first-order valence-corrected chi connectivity index (χ1v) is 8.44. The molecule has 1 aromatic carbocycles. The highest BCUT2D eigenvalue weighted by atomic mass is 16.2. The first-order valence-electron chi connectivity index (χ1n) is 8.44. The summed E-state index contributed by atoms with van der Waals surface area (Å²) < 4.78 is 0. The topological polar surface area (TPSA) is 49.4 Å². The third-order valence-electron chi connectivity index (χ3n) is 4.62. The van der Waals surface area contributed by atoms with Gasteiger partial charge in [0.1, 0.15) is 5.41 Å². The van der Waals surface area contributed by atoms with Crippen LogP contribution in [0.3, 0.4) is 0 Å². The van der Waals surface area contributed by atoms with E-state index in [-0.39, 0.29) is 11.8 Å². The zero-order valence-corrected chi connectivity index (χ0v) is 14.7. The Morgan fingerprint density at radius 3 is 2.52 bits per heavy atom. The number of aryl methyl sites for hydroxylation is 1. The standard InChI is InChI=1S/C19H28N2O2/c1-14-7-9-16(10-8-14)12-20-17(22)19(3,4)18(23)21-11-5-6-15(2)13-21/h7-10,15H,5-6,11-13H2,1-4H3,(H,20,22). The highest BCUT2D eigenvalue weighted by molar-refractivity contribution is 6.04. The molecule has 0 aromatic heterocycles. The molecule has 2 amide bonds. The summed E-state index contributed by atoms with van der Waals surface area (Å²) in [4.78, 5) is 27.1. The molecule has 0 bridgehead atoms. The minimum atomic E-state index is -1.03. The van der Waals surface area contributed by atoms with Gasteiger partial charge in [0, 0.05) is 19.6 Å². The van der Waals surface area contributed by atoms with Crippen molar-refractivity contribution in [3.05, 3.63) is 35.4 Å². The van der Waals surface area contributed by atoms with Gasteiger partial charge in [-0.05, 0) is 45.1 Å². The normalized spacial score (nSPS) is 18.6. The fraction of sp³-hybridized carbons (Fsp3) is 0.579. The van der Waals surface area contributed by atoms with Crippen LogP contribution in [-0.2, 0) is 16.1 Å². The molecule has 1 unspecified atom stereocenters. The second-order valence-electron chi connectivity index (χ2n) is 7.29. The van der Waals surface area contributed by atoms with E-state index in [2.05, 4.69) is 12.2 Å². The molecule has 1 saturated heterocycles. The molecule has 1 aliphatic rings. The van der Waals surface area contributed by atoms with E-state index in [1.54, 1.807) is 13.8 Å². The average molecular weight is 316 g/mol. The van der Waals surface area contributed by atoms with Crippen molar-refractivity contribution in [3.8, 4) is 0 Å². The van der Waals surface area contributed by atoms with Crippen LogP contribution in [-0.4, -0.2) is 29.8 Å². The number of carbonyl (C=O) groups excluding carboxylic acids is 2. The quantitative estimate of drug-likeness (QED) is 0.868. The van der Waals surface area contributed by atoms with Crippen LogP contribution in [0.15, 0.2) is 24.3 Å². The van der Waals surface area contributed by atoms with E-state index < -0.39 is 5.41 Å². The number of hydrogen-bond donors (Lipinski definition) is 1. The molecule has 2 rings (SSSR count). The maximum atomic E-state index is 12.7. The molecule has 1 fully saturated rings. The van der Waals surface area contributed by atoms with Gasteiger partial charge in [-0.15, -0.1) is 0 Å². The molecule has 4 heteroatoms. The molecule has 1 aromatic rings. The van der Waals surface area contributed by atoms with Crippen molar-refractivity contribution in [1.82, 2.24) is 10.2 Å². The molecule has 4 nitrogen and oxygen atoms in total. The molecule has 0 saturated carbocycles. The largest absolute Gasteiger partial charge is 0.351 e. The SMILES string of the molecule is Cc1ccc(CNC(=O)C(C)(C)C(=O)N2CCCC(C)C2)cc1. The Morgan fingerprint density at radius 1 is 1.26 bits per heavy atom. The van der Waals surface area contributed by atoms with E-state index in [4.69, 9.17) is 0 Å². The summed E-state index contributed by atoms with van der Waals surface area (Å²) in [6.07, 6.45) is 2.18. The molecular formula is C19H28N2O2. The van der Waals surface area contributed by atoms with Gasteiger partial charge < -0.3 is 10.2 Å². The minimum absolute atomic E-state index is 0.0644. The van der Waals surface area contributed by atoms with Crippen molar-refractivity contribution in [3.63, 3.8) is 0 Å². The van der Waals surface area contributed by atoms with E-state index in [0.717, 1.165) is 31.5 Å². The minimum Gasteiger partial charge on any atom is -0.351 e. The van der Waals surface area contributed by atoms with Crippen molar-refractivity contribution >= 4 is 11.8 Å². The molecule has 0 aliphatic carbocycles. The lowest BCUT2D eigenvalue weighted by Crippen LogP contribution is -2.51. The number of nitrogens with zero attached hydrogens (tertiary/aromatic N) is 1. The summed E-state index contributed by atoms with van der Waals surface area (Å²) >= 11 is 0. The zero-order chi connectivity index (χ0) is 17.0. The van der Waals surface area contributed by atoms with Crippen molar-refractivity contribution in [2.45, 2.75) is 47.1 Å². The smallest absolute Gasteiger partial charge is 0.237 e. The van der Waals surface area contributed by atoms with Crippen LogP contribution in [0.5, 0.6) is 0 Å². The van der Waals surface area contributed by atoms with Crippen molar-refractivity contribution in [2.24, 2.45) is 11.3 Å². The summed E-state index contributed by atoms with van der Waals surface area (Å²) in [5.74, 6) is 0.242. The van der Waals surface area contributed by atoms with Gasteiger partial charge in [0.05, 0.1) is 0 Å². The van der Waals surface area contributed by atoms with Crippen molar-refractivity contribution in [1.29, 1.82) is 0 Å². The second-order valence-corrected chi connectivity index (χ2v) is 7.29. The Hall–Kier alpha value is -1.84. The highest BCUT2D eigenvalue weighted by Crippen LogP contribution is 2.24. The highest BCUT2D eigenvalue weighted by Gasteiger charge is 2.39. The van der Waals surface area contributed by atoms with Gasteiger partial charge in [0.25, 0.3) is 0 Å². The van der Waals surface area contributed by atoms with Gasteiger partial charge in [-0.2, -0.15) is 0 Å². The Kier molecular flexibility index (Phi) is 5.45. The number of amides is 2. The van der Waals surface area contributed by atoms with Gasteiger partial charge in [-0.25, -0.2) is 0 Å². The van der Waals surface area contributed by atoms with E-state index in [1.807, 2.05) is 36.1 Å². The molecular weight excluding hydrogens is 288 g/mol. The number of piperidine rings is 1. The Labute approximate surface area is 139 Å². The van der Waals surface area contributed by atoms with E-state index in [1.165, 1.54) is 5.56 Å². The maximum Gasteiger partial charge on any atom is 0.237 e. The Balaban J connectivity index is 1.95. The lowest BCUT2D eigenvalue weighted by atomic mass is 9.88. The summed E-state index contributed by atoms with van der Waals surface area (Å²) in [7, 11) is 0. The van der Waals surface area contributed by atoms with Gasteiger partial charge in [0.15, 0.2) is 0 Å². The van der Waals surface area contributed by atoms with Crippen LogP contribution in [0.25, 0.3) is 0 Å². The zero-order valence-electron chi connectivity index (χ0n) is 14.7. The number of rotatable bonds is 4. The van der Waals surface area contributed by atoms with Gasteiger partial charge in [-0.3, -0.25) is 9.59 Å². The van der Waals surface area contributed by atoms with Gasteiger partial charge in [-0.1, -0.05) is 36.8 Å². The molecule has 1 N–H and O–H groups in total. The monoisotopic (exact) mass is 316 g/mol. The molecule has 0 spiro atoms. The van der Waals surface area contributed by atoms with Crippen LogP contribution in [0.1, 0.15) is 44.7 Å². The molecule has 1 aliphatic heterocycles. The third-order valence-corrected chi connectivity index (χ3v) is 4.62. The first-order chi connectivity index (χ1) is 10.8. The summed E-state index contributed by atoms with van der Waals surface area (Å²) in [5, 5.41) is 2.90. The van der Waals surface area contributed by atoms with Crippen LogP contribution in [0.2, 0.25) is 0 Å². The summed E-state index contributed by atoms with van der Waals surface area (Å²) in [5.41, 5.74) is 1.20. The summed E-state index contributed by atoms with van der Waals surface area (Å²) in [6, 6.07) is 8.04. The summed E-state index contributed by atoms with van der Waals surface area (Å²) in [6.45, 7) is 9.60. The van der Waals surface area contributed by atoms with Crippen LogP contribution in [0.4, 0.5) is 0 Å². The Morgan fingerprint density at radius 2 is 1.91 bits per heavy atom. The Bertz CT molecular complexity index is 563. The van der Waals surface area contributed by atoms with Crippen LogP contribution in [0, 0.1) is 18.3 Å². The van der Waals surface area contributed by atoms with E-state index in [0.29, 0.717) is 12.5 Å². The van der Waals surface area contributed by atoms with Crippen LogP contribution >= 0.6 is 0 Å². The number of nitrogens with one attached hydrogen (secondary N) is 1. The average Bonchev–Trinajstić information content (AvgIpc) is 2.53. The number of carbonyl (C=O) groups is 2. The fourth-order valence-corrected chi connectivity index (χ4v) is 2.98. The lowest BCUT2D eigenvalue weighted by molar-refractivity contribution is -0.149. The van der Waals surface area contributed by atoms with E-state index >= 15 is 0 Å². The lowest BCUT2D eigenvalue weighted by Gasteiger charge is -2.36. The molecule has 1 atom stereocenters. The van der Waals surface area contributed by atoms with E-state index in [9.17, 15) is 9.59 Å². The predicted octanol–water partition coefficient (Wildman–Crippen LogP) is 2.90. The van der Waals surface area contributed by atoms with Gasteiger partial charge in [0.2, 0.25) is 11.8 Å². The predicted molar refractivity (Wildman–Crippen MR) is 91.8 cm³/mol. The first kappa shape index (κ1) is 17.5. The van der Waals surface area contributed by atoms with Gasteiger partial charge >= 0.3 is 0 Å². The third kappa shape index (κ3) is 4.34. The molecule has 23 heavy (non-hydrogen) atoms. The number of hydrogen-bond acceptors (Lipinski definition) is 2. The number of likely N-dealkylation sites (tertiary alicyclic amines) is 1. The van der Waals surface area contributed by atoms with Crippen molar-refractivity contribution in [2.75, 3.05) is 13.1 Å². The molecule has 1 heterocycles. The maximum absolute atomic E-state index is 12.7. The van der Waals surface area contributed by atoms with Crippen LogP contribution < -0.4 is 5.32 Å². The fourth-order valence-electron chi connectivity index (χ4n) is 2.98.